The van der Waals surface area contributed by atoms with E-state index in [0.29, 0.717) is 6.54 Å². The minimum atomic E-state index is -0.607. The average molecular weight is 193 g/mol. The fraction of sp³-hybridized carbons (Fsp3) is 0.714. The van der Waals surface area contributed by atoms with Crippen LogP contribution in [0.1, 0.15) is 13.8 Å². The Kier molecular flexibility index (Phi) is 4.66. The topological polar surface area (TPSA) is 63.4 Å². The number of rotatable bonds is 4. The van der Waals surface area contributed by atoms with Gasteiger partial charge in [-0.3, -0.25) is 9.59 Å². The lowest BCUT2D eigenvalue weighted by atomic mass is 10.3. The Morgan fingerprint density at radius 1 is 1.58 bits per heavy atom. The van der Waals surface area contributed by atoms with Crippen LogP contribution in [0.4, 0.5) is 0 Å². The number of halogens is 1. The van der Waals surface area contributed by atoms with E-state index in [0.717, 1.165) is 0 Å². The van der Waals surface area contributed by atoms with Gasteiger partial charge in [-0.05, 0) is 13.8 Å². The monoisotopic (exact) mass is 192 g/mol. The lowest BCUT2D eigenvalue weighted by Gasteiger charge is -2.19. The quantitative estimate of drug-likeness (QED) is 0.635. The molecule has 0 aliphatic carbocycles. The molecule has 2 N–H and O–H groups in total. The maximum Gasteiger partial charge on any atom is 0.240 e. The number of hydrogen-bond acceptors (Lipinski definition) is 2. The summed E-state index contributed by atoms with van der Waals surface area (Å²) in [7, 11) is 0. The van der Waals surface area contributed by atoms with Gasteiger partial charge in [0, 0.05) is 6.54 Å². The first-order chi connectivity index (χ1) is 5.49. The van der Waals surface area contributed by atoms with Crippen molar-refractivity contribution >= 4 is 23.4 Å². The minimum absolute atomic E-state index is 0.0631. The Hall–Kier alpha value is -0.770. The molecule has 0 bridgehead atoms. The number of nitrogens with zero attached hydrogens (tertiary/aromatic N) is 1. The van der Waals surface area contributed by atoms with Crippen molar-refractivity contribution in [3.8, 4) is 0 Å². The number of nitrogens with two attached hydrogens (primary N) is 1. The summed E-state index contributed by atoms with van der Waals surface area (Å²) in [6.45, 7) is 3.71. The van der Waals surface area contributed by atoms with Crippen molar-refractivity contribution in [3.63, 3.8) is 0 Å². The van der Waals surface area contributed by atoms with Crippen LogP contribution in [0, 0.1) is 0 Å². The van der Waals surface area contributed by atoms with Gasteiger partial charge in [0.25, 0.3) is 0 Å². The van der Waals surface area contributed by atoms with Crippen molar-refractivity contribution < 1.29 is 9.59 Å². The fourth-order valence-corrected chi connectivity index (χ4v) is 0.923. The number of carbonyl (C=O) groups excluding carboxylic acids is 2. The van der Waals surface area contributed by atoms with Crippen LogP contribution in [0.3, 0.4) is 0 Å². The fourth-order valence-electron chi connectivity index (χ4n) is 0.785. The molecule has 0 aliphatic heterocycles. The molecule has 0 saturated carbocycles. The second-order valence-corrected chi connectivity index (χ2v) is 3.09. The zero-order chi connectivity index (χ0) is 9.72. The van der Waals surface area contributed by atoms with E-state index >= 15 is 0 Å². The van der Waals surface area contributed by atoms with E-state index in [1.54, 1.807) is 13.8 Å². The van der Waals surface area contributed by atoms with E-state index in [-0.39, 0.29) is 12.5 Å². The molecular formula is C7H13ClN2O2. The van der Waals surface area contributed by atoms with Crippen molar-refractivity contribution in [2.24, 2.45) is 5.73 Å². The summed E-state index contributed by atoms with van der Waals surface area (Å²) in [5.74, 6) is -0.791. The van der Waals surface area contributed by atoms with Gasteiger partial charge in [0.1, 0.15) is 5.38 Å². The summed E-state index contributed by atoms with van der Waals surface area (Å²) in [6, 6.07) is 0. The van der Waals surface area contributed by atoms with Crippen molar-refractivity contribution in [2.75, 3.05) is 13.1 Å². The highest BCUT2D eigenvalue weighted by atomic mass is 35.5. The molecule has 5 heteroatoms. The maximum atomic E-state index is 11.2. The predicted molar refractivity (Wildman–Crippen MR) is 46.8 cm³/mol. The van der Waals surface area contributed by atoms with Gasteiger partial charge in [0.2, 0.25) is 11.8 Å². The van der Waals surface area contributed by atoms with Gasteiger partial charge in [0.15, 0.2) is 0 Å². The third-order valence-electron chi connectivity index (χ3n) is 1.38. The molecule has 0 heterocycles. The van der Waals surface area contributed by atoms with Crippen LogP contribution in [0.5, 0.6) is 0 Å². The standard InChI is InChI=1S/C7H13ClN2O2/c1-3-10(4-6(9)11)7(12)5(2)8/h5H,3-4H2,1-2H3,(H2,9,11). The van der Waals surface area contributed by atoms with Gasteiger partial charge in [0.05, 0.1) is 6.54 Å². The third-order valence-corrected chi connectivity index (χ3v) is 1.57. The molecule has 0 spiro atoms. The highest BCUT2D eigenvalue weighted by Crippen LogP contribution is 2.00. The Labute approximate surface area is 76.7 Å². The molecule has 1 atom stereocenters. The molecule has 0 rings (SSSR count). The second-order valence-electron chi connectivity index (χ2n) is 2.43. The molecule has 0 radical (unpaired) electrons. The number of primary amides is 1. The van der Waals surface area contributed by atoms with E-state index in [1.807, 2.05) is 0 Å². The van der Waals surface area contributed by atoms with E-state index in [1.165, 1.54) is 4.90 Å². The van der Waals surface area contributed by atoms with Crippen molar-refractivity contribution in [2.45, 2.75) is 19.2 Å². The summed E-state index contributed by atoms with van der Waals surface area (Å²) < 4.78 is 0. The molecule has 2 amide bonds. The number of amides is 2. The largest absolute Gasteiger partial charge is 0.368 e. The Bertz CT molecular complexity index is 182. The zero-order valence-electron chi connectivity index (χ0n) is 7.21. The van der Waals surface area contributed by atoms with E-state index in [2.05, 4.69) is 0 Å². The van der Waals surface area contributed by atoms with Crippen molar-refractivity contribution in [1.82, 2.24) is 4.90 Å². The predicted octanol–water partition coefficient (Wildman–Crippen LogP) is -0.0525. The number of likely N-dealkylation sites (N-methyl/N-ethyl adjacent to an activating group) is 1. The number of hydrogen-bond donors (Lipinski definition) is 1. The molecule has 0 fully saturated rings. The normalized spacial score (nSPS) is 12.2. The summed E-state index contributed by atoms with van der Waals surface area (Å²) in [6.07, 6.45) is 0. The zero-order valence-corrected chi connectivity index (χ0v) is 7.97. The first-order valence-electron chi connectivity index (χ1n) is 3.70. The Morgan fingerprint density at radius 3 is 2.33 bits per heavy atom. The van der Waals surface area contributed by atoms with Crippen molar-refractivity contribution in [3.05, 3.63) is 0 Å². The van der Waals surface area contributed by atoms with Crippen LogP contribution in [-0.2, 0) is 9.59 Å². The molecule has 12 heavy (non-hydrogen) atoms. The van der Waals surface area contributed by atoms with Gasteiger partial charge in [-0.15, -0.1) is 11.6 Å². The molecule has 0 aromatic heterocycles. The minimum Gasteiger partial charge on any atom is -0.368 e. The second kappa shape index (κ2) is 4.98. The molecule has 0 aromatic rings. The van der Waals surface area contributed by atoms with Crippen molar-refractivity contribution in [1.29, 1.82) is 0 Å². The number of carbonyl (C=O) groups is 2. The Morgan fingerprint density at radius 2 is 2.08 bits per heavy atom. The lowest BCUT2D eigenvalue weighted by molar-refractivity contribution is -0.134. The van der Waals surface area contributed by atoms with Crippen LogP contribution in [0.25, 0.3) is 0 Å². The van der Waals surface area contributed by atoms with E-state index in [4.69, 9.17) is 17.3 Å². The maximum absolute atomic E-state index is 11.2. The first-order valence-corrected chi connectivity index (χ1v) is 4.13. The highest BCUT2D eigenvalue weighted by molar-refractivity contribution is 6.30. The molecule has 0 aromatic carbocycles. The average Bonchev–Trinajstić information content (AvgIpc) is 1.98. The van der Waals surface area contributed by atoms with Gasteiger partial charge >= 0.3 is 0 Å². The SMILES string of the molecule is CCN(CC(N)=O)C(=O)C(C)Cl. The summed E-state index contributed by atoms with van der Waals surface area (Å²) in [5.41, 5.74) is 4.93. The highest BCUT2D eigenvalue weighted by Gasteiger charge is 2.17. The summed E-state index contributed by atoms with van der Waals surface area (Å²) >= 11 is 5.54. The molecule has 0 aliphatic rings. The Balaban J connectivity index is 4.15. The van der Waals surface area contributed by atoms with E-state index < -0.39 is 11.3 Å². The lowest BCUT2D eigenvalue weighted by Crippen LogP contribution is -2.41. The van der Waals surface area contributed by atoms with Crippen LogP contribution in [0.2, 0.25) is 0 Å². The van der Waals surface area contributed by atoms with Gasteiger partial charge in [-0.1, -0.05) is 0 Å². The molecule has 0 saturated heterocycles. The van der Waals surface area contributed by atoms with Crippen LogP contribution >= 0.6 is 11.6 Å². The van der Waals surface area contributed by atoms with E-state index in [9.17, 15) is 9.59 Å². The summed E-state index contributed by atoms with van der Waals surface area (Å²) in [4.78, 5) is 23.0. The van der Waals surface area contributed by atoms with Crippen LogP contribution in [0.15, 0.2) is 0 Å². The van der Waals surface area contributed by atoms with Gasteiger partial charge in [-0.2, -0.15) is 0 Å². The summed E-state index contributed by atoms with van der Waals surface area (Å²) in [5, 5.41) is -0.607. The van der Waals surface area contributed by atoms with Gasteiger partial charge in [-0.25, -0.2) is 0 Å². The molecule has 70 valence electrons. The smallest absolute Gasteiger partial charge is 0.240 e. The third kappa shape index (κ3) is 3.57. The van der Waals surface area contributed by atoms with Crippen LogP contribution < -0.4 is 5.73 Å². The van der Waals surface area contributed by atoms with Gasteiger partial charge < -0.3 is 10.6 Å². The van der Waals surface area contributed by atoms with Crippen LogP contribution in [-0.4, -0.2) is 35.2 Å². The number of alkyl halides is 1. The molecular weight excluding hydrogens is 180 g/mol. The first kappa shape index (κ1) is 11.2. The molecule has 4 nitrogen and oxygen atoms in total. The molecule has 1 unspecified atom stereocenters.